The molecule has 4 heteroatoms. The van der Waals surface area contributed by atoms with Crippen LogP contribution in [-0.4, -0.2) is 17.2 Å². The van der Waals surface area contributed by atoms with Crippen LogP contribution in [0.2, 0.25) is 0 Å². The number of carbonyl (C=O) groups is 1. The molecule has 18 heavy (non-hydrogen) atoms. The van der Waals surface area contributed by atoms with Crippen molar-refractivity contribution in [2.24, 2.45) is 0 Å². The highest BCUT2D eigenvalue weighted by Gasteiger charge is 2.34. The lowest BCUT2D eigenvalue weighted by atomic mass is 10.1. The van der Waals surface area contributed by atoms with Crippen molar-refractivity contribution in [3.8, 4) is 5.75 Å². The van der Waals surface area contributed by atoms with Crippen LogP contribution in [0.3, 0.4) is 0 Å². The van der Waals surface area contributed by atoms with E-state index in [1.165, 1.54) is 0 Å². The Balaban J connectivity index is 2.78. The molecule has 0 aliphatic carbocycles. The Morgan fingerprint density at radius 1 is 1.17 bits per heavy atom. The van der Waals surface area contributed by atoms with Gasteiger partial charge < -0.3 is 9.47 Å². The number of benzene rings is 1. The highest BCUT2D eigenvalue weighted by atomic mass is 127. The average Bonchev–Trinajstić information content (AvgIpc) is 2.13. The van der Waals surface area contributed by atoms with Gasteiger partial charge in [0, 0.05) is 3.57 Å². The maximum Gasteiger partial charge on any atom is 0.350 e. The number of hydrogen-bond donors (Lipinski definition) is 0. The van der Waals surface area contributed by atoms with Gasteiger partial charge in [0.2, 0.25) is 0 Å². The van der Waals surface area contributed by atoms with Gasteiger partial charge in [-0.15, -0.1) is 0 Å². The van der Waals surface area contributed by atoms with E-state index in [2.05, 4.69) is 22.6 Å². The van der Waals surface area contributed by atoms with Gasteiger partial charge in [0.1, 0.15) is 11.4 Å². The van der Waals surface area contributed by atoms with Crippen LogP contribution in [0.4, 0.5) is 0 Å². The summed E-state index contributed by atoms with van der Waals surface area (Å²) in [5, 5.41) is 0. The molecule has 0 unspecified atom stereocenters. The fourth-order valence-corrected chi connectivity index (χ4v) is 1.78. The van der Waals surface area contributed by atoms with Crippen LogP contribution in [0, 0.1) is 3.57 Å². The van der Waals surface area contributed by atoms with Crippen molar-refractivity contribution in [1.82, 2.24) is 0 Å². The molecule has 0 saturated heterocycles. The first-order valence-corrected chi connectivity index (χ1v) is 6.86. The monoisotopic (exact) mass is 362 g/mol. The Morgan fingerprint density at radius 2 is 1.78 bits per heavy atom. The molecule has 1 rings (SSSR count). The van der Waals surface area contributed by atoms with Gasteiger partial charge >= 0.3 is 5.97 Å². The van der Waals surface area contributed by atoms with Crippen LogP contribution < -0.4 is 4.74 Å². The highest BCUT2D eigenvalue weighted by Crippen LogP contribution is 2.23. The van der Waals surface area contributed by atoms with Crippen molar-refractivity contribution >= 4 is 28.6 Å². The summed E-state index contributed by atoms with van der Waals surface area (Å²) < 4.78 is 12.1. The Kier molecular flexibility index (Phi) is 4.64. The molecule has 0 N–H and O–H groups in total. The van der Waals surface area contributed by atoms with Crippen LogP contribution >= 0.6 is 22.6 Å². The van der Waals surface area contributed by atoms with E-state index < -0.39 is 11.2 Å². The number of ether oxygens (including phenoxy) is 2. The van der Waals surface area contributed by atoms with E-state index in [1.54, 1.807) is 13.8 Å². The molecule has 0 fully saturated rings. The molecule has 0 atom stereocenters. The van der Waals surface area contributed by atoms with Crippen molar-refractivity contribution in [3.05, 3.63) is 27.8 Å². The Morgan fingerprint density at radius 3 is 2.28 bits per heavy atom. The van der Waals surface area contributed by atoms with E-state index in [4.69, 9.17) is 9.47 Å². The third-order valence-electron chi connectivity index (χ3n) is 2.06. The Labute approximate surface area is 122 Å². The van der Waals surface area contributed by atoms with Crippen molar-refractivity contribution in [3.63, 3.8) is 0 Å². The SMILES string of the molecule is CC(C)(C)OC(=O)C(C)(C)Oc1cccc(I)c1. The molecule has 0 radical (unpaired) electrons. The van der Waals surface area contributed by atoms with Crippen molar-refractivity contribution in [2.45, 2.75) is 45.8 Å². The van der Waals surface area contributed by atoms with Crippen molar-refractivity contribution in [1.29, 1.82) is 0 Å². The minimum atomic E-state index is -1.00. The summed E-state index contributed by atoms with van der Waals surface area (Å²) in [5.41, 5.74) is -1.51. The lowest BCUT2D eigenvalue weighted by Gasteiger charge is -2.29. The Bertz CT molecular complexity index is 433. The topological polar surface area (TPSA) is 35.5 Å². The molecule has 0 aliphatic heterocycles. The van der Waals surface area contributed by atoms with Gasteiger partial charge in [0.15, 0.2) is 5.60 Å². The largest absolute Gasteiger partial charge is 0.476 e. The van der Waals surface area contributed by atoms with E-state index in [1.807, 2.05) is 45.0 Å². The highest BCUT2D eigenvalue weighted by molar-refractivity contribution is 14.1. The molecular formula is C14H19IO3. The first kappa shape index (κ1) is 15.3. The van der Waals surface area contributed by atoms with Gasteiger partial charge in [-0.2, -0.15) is 0 Å². The molecular weight excluding hydrogens is 343 g/mol. The predicted molar refractivity (Wildman–Crippen MR) is 79.7 cm³/mol. The van der Waals surface area contributed by atoms with Gasteiger partial charge in [-0.3, -0.25) is 0 Å². The van der Waals surface area contributed by atoms with E-state index in [-0.39, 0.29) is 5.97 Å². The average molecular weight is 362 g/mol. The van der Waals surface area contributed by atoms with Crippen LogP contribution in [0.25, 0.3) is 0 Å². The first-order valence-electron chi connectivity index (χ1n) is 5.78. The van der Waals surface area contributed by atoms with Crippen LogP contribution in [0.5, 0.6) is 5.75 Å². The number of carbonyl (C=O) groups excluding carboxylic acids is 1. The van der Waals surface area contributed by atoms with Gasteiger partial charge in [-0.1, -0.05) is 6.07 Å². The number of esters is 1. The molecule has 0 aliphatic rings. The molecule has 0 heterocycles. The minimum Gasteiger partial charge on any atom is -0.476 e. The fourth-order valence-electron chi connectivity index (χ4n) is 1.27. The predicted octanol–water partition coefficient (Wildman–Crippen LogP) is 3.79. The number of halogens is 1. The molecule has 0 amide bonds. The molecule has 0 spiro atoms. The summed E-state index contributed by atoms with van der Waals surface area (Å²) >= 11 is 2.20. The smallest absolute Gasteiger partial charge is 0.350 e. The van der Waals surface area contributed by atoms with Gasteiger partial charge in [-0.25, -0.2) is 4.79 Å². The molecule has 3 nitrogen and oxygen atoms in total. The second-order valence-corrected chi connectivity index (χ2v) is 6.82. The second kappa shape index (κ2) is 5.47. The normalized spacial score (nSPS) is 12.1. The molecule has 0 aromatic heterocycles. The lowest BCUT2D eigenvalue weighted by Crippen LogP contribution is -2.43. The van der Waals surface area contributed by atoms with Gasteiger partial charge in [0.25, 0.3) is 0 Å². The zero-order valence-corrected chi connectivity index (χ0v) is 13.6. The van der Waals surface area contributed by atoms with Crippen molar-refractivity contribution in [2.75, 3.05) is 0 Å². The summed E-state index contributed by atoms with van der Waals surface area (Å²) in [5.74, 6) is 0.298. The van der Waals surface area contributed by atoms with Crippen molar-refractivity contribution < 1.29 is 14.3 Å². The molecule has 0 saturated carbocycles. The van der Waals surface area contributed by atoms with E-state index in [0.717, 1.165) is 3.57 Å². The van der Waals surface area contributed by atoms with E-state index >= 15 is 0 Å². The molecule has 1 aromatic carbocycles. The number of hydrogen-bond acceptors (Lipinski definition) is 3. The Hall–Kier alpha value is -0.780. The summed E-state index contributed by atoms with van der Waals surface area (Å²) in [7, 11) is 0. The minimum absolute atomic E-state index is 0.367. The summed E-state index contributed by atoms with van der Waals surface area (Å²) in [6.45, 7) is 8.94. The lowest BCUT2D eigenvalue weighted by molar-refractivity contribution is -0.170. The molecule has 100 valence electrons. The standard InChI is InChI=1S/C14H19IO3/c1-13(2,3)18-12(16)14(4,5)17-11-8-6-7-10(15)9-11/h6-9H,1-5H3. The van der Waals surface area contributed by atoms with Gasteiger partial charge in [-0.05, 0) is 75.4 Å². The second-order valence-electron chi connectivity index (χ2n) is 5.57. The maximum absolute atomic E-state index is 12.0. The zero-order valence-electron chi connectivity index (χ0n) is 11.4. The van der Waals surface area contributed by atoms with E-state index in [0.29, 0.717) is 5.75 Å². The summed E-state index contributed by atoms with van der Waals surface area (Å²) in [6.07, 6.45) is 0. The summed E-state index contributed by atoms with van der Waals surface area (Å²) in [6, 6.07) is 7.57. The fraction of sp³-hybridized carbons (Fsp3) is 0.500. The third-order valence-corrected chi connectivity index (χ3v) is 2.73. The van der Waals surface area contributed by atoms with E-state index in [9.17, 15) is 4.79 Å². The first-order chi connectivity index (χ1) is 8.10. The number of rotatable bonds is 3. The zero-order chi connectivity index (χ0) is 14.0. The summed E-state index contributed by atoms with van der Waals surface area (Å²) in [4.78, 5) is 12.0. The van der Waals surface area contributed by atoms with Crippen LogP contribution in [0.1, 0.15) is 34.6 Å². The van der Waals surface area contributed by atoms with Crippen LogP contribution in [-0.2, 0) is 9.53 Å². The maximum atomic E-state index is 12.0. The molecule has 1 aromatic rings. The third kappa shape index (κ3) is 4.84. The molecule has 0 bridgehead atoms. The van der Waals surface area contributed by atoms with Crippen LogP contribution in [0.15, 0.2) is 24.3 Å². The quantitative estimate of drug-likeness (QED) is 0.606. The van der Waals surface area contributed by atoms with Gasteiger partial charge in [0.05, 0.1) is 0 Å².